The molecule has 2 aromatic rings. The van der Waals surface area contributed by atoms with Crippen LogP contribution in [0.3, 0.4) is 0 Å². The fourth-order valence-corrected chi connectivity index (χ4v) is 2.38. The lowest BCUT2D eigenvalue weighted by Crippen LogP contribution is -2.31. The van der Waals surface area contributed by atoms with E-state index in [4.69, 9.17) is 21.1 Å². The van der Waals surface area contributed by atoms with Gasteiger partial charge in [-0.05, 0) is 25.0 Å². The van der Waals surface area contributed by atoms with Crippen LogP contribution in [0, 0.1) is 0 Å². The van der Waals surface area contributed by atoms with Crippen LogP contribution < -0.4 is 0 Å². The molecular formula is C14H14ClN3O3. The molecule has 1 aromatic carbocycles. The van der Waals surface area contributed by atoms with Gasteiger partial charge in [0.15, 0.2) is 0 Å². The van der Waals surface area contributed by atoms with E-state index in [1.54, 1.807) is 12.1 Å². The summed E-state index contributed by atoms with van der Waals surface area (Å²) in [5.41, 5.74) is 0.675. The summed E-state index contributed by atoms with van der Waals surface area (Å²) >= 11 is 6.09. The number of nitrogens with zero attached hydrogens (tertiary/aromatic N) is 3. The Balaban J connectivity index is 1.75. The molecule has 1 fully saturated rings. The van der Waals surface area contributed by atoms with Crippen molar-refractivity contribution in [2.24, 2.45) is 0 Å². The fourth-order valence-electron chi connectivity index (χ4n) is 2.16. The van der Waals surface area contributed by atoms with Gasteiger partial charge < -0.3 is 9.52 Å². The molecule has 3 rings (SSSR count). The third-order valence-corrected chi connectivity index (χ3v) is 3.64. The highest BCUT2D eigenvalue weighted by molar-refractivity contribution is 6.33. The number of hydrogen-bond donors (Lipinski definition) is 1. The second-order valence-corrected chi connectivity index (χ2v) is 5.42. The first kappa shape index (κ1) is 14.0. The Bertz CT molecular complexity index is 654. The molecule has 0 spiro atoms. The van der Waals surface area contributed by atoms with Crippen molar-refractivity contribution in [2.45, 2.75) is 25.4 Å². The van der Waals surface area contributed by atoms with Crippen LogP contribution >= 0.6 is 11.6 Å². The third-order valence-electron chi connectivity index (χ3n) is 3.31. The Morgan fingerprint density at radius 3 is 2.81 bits per heavy atom. The van der Waals surface area contributed by atoms with Gasteiger partial charge in [0.05, 0.1) is 23.7 Å². The molecule has 1 N–H and O–H groups in total. The van der Waals surface area contributed by atoms with Crippen molar-refractivity contribution < 1.29 is 14.3 Å². The van der Waals surface area contributed by atoms with Gasteiger partial charge in [0.25, 0.3) is 0 Å². The average Bonchev–Trinajstić information content (AvgIpc) is 3.19. The molecule has 1 aliphatic carbocycles. The molecule has 1 aromatic heterocycles. The molecule has 0 saturated heterocycles. The number of carboxylic acid groups (broad SMARTS) is 1. The summed E-state index contributed by atoms with van der Waals surface area (Å²) in [5, 5.41) is 17.4. The standard InChI is InChI=1S/C14H14ClN3O3/c15-11-4-2-1-3-10(11)14-17-16-12(21-14)7-18(8-13(19)20)9-5-6-9/h1-4,9H,5-8H2,(H,19,20). The van der Waals surface area contributed by atoms with E-state index in [0.717, 1.165) is 12.8 Å². The second kappa shape index (κ2) is 5.83. The summed E-state index contributed by atoms with van der Waals surface area (Å²) in [4.78, 5) is 12.7. The van der Waals surface area contributed by atoms with Crippen molar-refractivity contribution in [3.8, 4) is 11.5 Å². The third kappa shape index (κ3) is 3.40. The van der Waals surface area contributed by atoms with Crippen molar-refractivity contribution in [1.82, 2.24) is 15.1 Å². The van der Waals surface area contributed by atoms with Gasteiger partial charge in [-0.3, -0.25) is 9.69 Å². The average molecular weight is 308 g/mol. The van der Waals surface area contributed by atoms with Crippen LogP contribution in [0.25, 0.3) is 11.5 Å². The Hall–Kier alpha value is -1.92. The zero-order chi connectivity index (χ0) is 14.8. The summed E-state index contributed by atoms with van der Waals surface area (Å²) < 4.78 is 5.60. The first-order valence-electron chi connectivity index (χ1n) is 6.66. The number of benzene rings is 1. The van der Waals surface area contributed by atoms with Crippen LogP contribution in [0.2, 0.25) is 5.02 Å². The predicted octanol–water partition coefficient (Wildman–Crippen LogP) is 2.44. The molecule has 0 aliphatic heterocycles. The summed E-state index contributed by atoms with van der Waals surface area (Å²) in [7, 11) is 0. The van der Waals surface area contributed by atoms with Gasteiger partial charge >= 0.3 is 5.97 Å². The lowest BCUT2D eigenvalue weighted by Gasteiger charge is -2.16. The van der Waals surface area contributed by atoms with E-state index >= 15 is 0 Å². The van der Waals surface area contributed by atoms with Crippen LogP contribution in [0.1, 0.15) is 18.7 Å². The maximum Gasteiger partial charge on any atom is 0.317 e. The summed E-state index contributed by atoms with van der Waals surface area (Å²) in [6.07, 6.45) is 2.03. The van der Waals surface area contributed by atoms with Crippen LogP contribution in [0.4, 0.5) is 0 Å². The van der Waals surface area contributed by atoms with Crippen molar-refractivity contribution in [2.75, 3.05) is 6.54 Å². The van der Waals surface area contributed by atoms with E-state index in [9.17, 15) is 4.79 Å². The SMILES string of the molecule is O=C(O)CN(Cc1nnc(-c2ccccc2Cl)o1)C1CC1. The Morgan fingerprint density at radius 2 is 2.14 bits per heavy atom. The zero-order valence-electron chi connectivity index (χ0n) is 11.2. The quantitative estimate of drug-likeness (QED) is 0.883. The lowest BCUT2D eigenvalue weighted by molar-refractivity contribution is -0.138. The maximum absolute atomic E-state index is 10.9. The van der Waals surface area contributed by atoms with Gasteiger partial charge in [0.1, 0.15) is 0 Å². The van der Waals surface area contributed by atoms with Crippen molar-refractivity contribution in [3.05, 3.63) is 35.2 Å². The lowest BCUT2D eigenvalue weighted by atomic mass is 10.2. The number of carbonyl (C=O) groups is 1. The Kier molecular flexibility index (Phi) is 3.90. The van der Waals surface area contributed by atoms with Crippen LogP contribution in [-0.2, 0) is 11.3 Å². The van der Waals surface area contributed by atoms with Gasteiger partial charge in [0.2, 0.25) is 11.8 Å². The van der Waals surface area contributed by atoms with E-state index < -0.39 is 5.97 Å². The number of aromatic nitrogens is 2. The predicted molar refractivity (Wildman–Crippen MR) is 75.8 cm³/mol. The normalized spacial score (nSPS) is 14.6. The molecule has 1 aliphatic rings. The zero-order valence-corrected chi connectivity index (χ0v) is 12.0. The minimum Gasteiger partial charge on any atom is -0.480 e. The summed E-state index contributed by atoms with van der Waals surface area (Å²) in [6.45, 7) is 0.322. The van der Waals surface area contributed by atoms with Crippen molar-refractivity contribution in [1.29, 1.82) is 0 Å². The van der Waals surface area contributed by atoms with Crippen LogP contribution in [0.15, 0.2) is 28.7 Å². The van der Waals surface area contributed by atoms with E-state index in [2.05, 4.69) is 10.2 Å². The number of aliphatic carboxylic acids is 1. The molecule has 0 radical (unpaired) electrons. The molecule has 21 heavy (non-hydrogen) atoms. The topological polar surface area (TPSA) is 79.5 Å². The second-order valence-electron chi connectivity index (χ2n) is 5.01. The molecule has 0 atom stereocenters. The molecule has 7 heteroatoms. The van der Waals surface area contributed by atoms with Gasteiger partial charge in [-0.25, -0.2) is 0 Å². The molecule has 1 saturated carbocycles. The van der Waals surface area contributed by atoms with Crippen LogP contribution in [0.5, 0.6) is 0 Å². The Labute approximate surface area is 126 Å². The number of hydrogen-bond acceptors (Lipinski definition) is 5. The highest BCUT2D eigenvalue weighted by Gasteiger charge is 2.31. The molecule has 1 heterocycles. The van der Waals surface area contributed by atoms with Gasteiger partial charge in [-0.15, -0.1) is 10.2 Å². The molecule has 0 bridgehead atoms. The summed E-state index contributed by atoms with van der Waals surface area (Å²) in [5.74, 6) is -0.104. The number of halogens is 1. The largest absolute Gasteiger partial charge is 0.480 e. The van der Waals surface area contributed by atoms with Crippen molar-refractivity contribution >= 4 is 17.6 Å². The van der Waals surface area contributed by atoms with Crippen molar-refractivity contribution in [3.63, 3.8) is 0 Å². The molecule has 0 unspecified atom stereocenters. The van der Waals surface area contributed by atoms with Gasteiger partial charge in [0, 0.05) is 6.04 Å². The highest BCUT2D eigenvalue weighted by Crippen LogP contribution is 2.29. The molecule has 6 nitrogen and oxygen atoms in total. The van der Waals surface area contributed by atoms with Crippen LogP contribution in [-0.4, -0.2) is 38.8 Å². The minimum absolute atomic E-state index is 0.0194. The number of rotatable bonds is 6. The van der Waals surface area contributed by atoms with E-state index in [1.165, 1.54) is 0 Å². The Morgan fingerprint density at radius 1 is 1.38 bits per heavy atom. The smallest absolute Gasteiger partial charge is 0.317 e. The first-order chi connectivity index (χ1) is 10.1. The molecular weight excluding hydrogens is 294 g/mol. The van der Waals surface area contributed by atoms with E-state index in [1.807, 2.05) is 17.0 Å². The van der Waals surface area contributed by atoms with Gasteiger partial charge in [-0.2, -0.15) is 0 Å². The maximum atomic E-state index is 10.9. The highest BCUT2D eigenvalue weighted by atomic mass is 35.5. The van der Waals surface area contributed by atoms with E-state index in [-0.39, 0.29) is 6.54 Å². The summed E-state index contributed by atoms with van der Waals surface area (Å²) in [6, 6.07) is 7.52. The fraction of sp³-hybridized carbons (Fsp3) is 0.357. The number of carboxylic acids is 1. The van der Waals surface area contributed by atoms with E-state index in [0.29, 0.717) is 35.0 Å². The monoisotopic (exact) mass is 307 g/mol. The van der Waals surface area contributed by atoms with Gasteiger partial charge in [-0.1, -0.05) is 23.7 Å². The molecule has 110 valence electrons. The minimum atomic E-state index is -0.854. The molecule has 0 amide bonds. The first-order valence-corrected chi connectivity index (χ1v) is 7.04.